The van der Waals surface area contributed by atoms with E-state index in [1.807, 2.05) is 25.1 Å². The van der Waals surface area contributed by atoms with E-state index in [1.165, 1.54) is 6.07 Å². The zero-order valence-electron chi connectivity index (χ0n) is 11.6. The van der Waals surface area contributed by atoms with Gasteiger partial charge in [0.05, 0.1) is 12.0 Å². The summed E-state index contributed by atoms with van der Waals surface area (Å²) >= 11 is 3.43. The summed E-state index contributed by atoms with van der Waals surface area (Å²) in [6.45, 7) is 2.07. The van der Waals surface area contributed by atoms with Crippen LogP contribution in [0.2, 0.25) is 0 Å². The first-order valence-corrected chi connectivity index (χ1v) is 7.01. The molecule has 0 atom stereocenters. The van der Waals surface area contributed by atoms with E-state index in [-0.39, 0.29) is 18.0 Å². The van der Waals surface area contributed by atoms with Crippen molar-refractivity contribution in [1.82, 2.24) is 0 Å². The molecule has 0 saturated carbocycles. The molecule has 21 heavy (non-hydrogen) atoms. The molecule has 0 heterocycles. The van der Waals surface area contributed by atoms with E-state index in [9.17, 15) is 10.1 Å². The summed E-state index contributed by atoms with van der Waals surface area (Å²) < 4.78 is 11.6. The Morgan fingerprint density at radius 2 is 2.00 bits per heavy atom. The van der Waals surface area contributed by atoms with Crippen LogP contribution in [0.25, 0.3) is 0 Å². The van der Waals surface area contributed by atoms with Gasteiger partial charge in [-0.15, -0.1) is 0 Å². The summed E-state index contributed by atoms with van der Waals surface area (Å²) in [5, 5.41) is 11.0. The normalized spacial score (nSPS) is 10.2. The SMILES string of the molecule is COc1ccc(Br)c(COc2cc(C)ccc2[N+](=O)[O-])c1. The molecule has 0 aliphatic carbocycles. The first-order valence-electron chi connectivity index (χ1n) is 6.21. The van der Waals surface area contributed by atoms with E-state index < -0.39 is 4.92 Å². The quantitative estimate of drug-likeness (QED) is 0.596. The van der Waals surface area contributed by atoms with E-state index in [1.54, 1.807) is 19.2 Å². The Bertz CT molecular complexity index is 673. The van der Waals surface area contributed by atoms with Gasteiger partial charge in [-0.2, -0.15) is 0 Å². The zero-order valence-corrected chi connectivity index (χ0v) is 13.2. The molecule has 2 rings (SSSR count). The van der Waals surface area contributed by atoms with Crippen molar-refractivity contribution in [3.63, 3.8) is 0 Å². The van der Waals surface area contributed by atoms with Crippen LogP contribution in [-0.2, 0) is 6.61 Å². The van der Waals surface area contributed by atoms with Crippen molar-refractivity contribution >= 4 is 21.6 Å². The minimum Gasteiger partial charge on any atom is -0.497 e. The van der Waals surface area contributed by atoms with Crippen LogP contribution in [0.4, 0.5) is 5.69 Å². The highest BCUT2D eigenvalue weighted by atomic mass is 79.9. The third-order valence-electron chi connectivity index (χ3n) is 2.95. The summed E-state index contributed by atoms with van der Waals surface area (Å²) in [5.74, 6) is 0.963. The van der Waals surface area contributed by atoms with E-state index in [2.05, 4.69) is 15.9 Å². The second-order valence-corrected chi connectivity index (χ2v) is 5.33. The zero-order chi connectivity index (χ0) is 15.4. The molecule has 0 amide bonds. The standard InChI is InChI=1S/C15H14BrNO4/c1-10-3-6-14(17(18)19)15(7-10)21-9-11-8-12(20-2)4-5-13(11)16/h3-8H,9H2,1-2H3. The van der Waals surface area contributed by atoms with E-state index in [4.69, 9.17) is 9.47 Å². The topological polar surface area (TPSA) is 61.6 Å². The van der Waals surface area contributed by atoms with Gasteiger partial charge in [-0.3, -0.25) is 10.1 Å². The number of benzene rings is 2. The van der Waals surface area contributed by atoms with Crippen LogP contribution in [0.1, 0.15) is 11.1 Å². The van der Waals surface area contributed by atoms with Crippen molar-refractivity contribution in [1.29, 1.82) is 0 Å². The van der Waals surface area contributed by atoms with Crippen molar-refractivity contribution in [3.05, 3.63) is 62.1 Å². The highest BCUT2D eigenvalue weighted by Crippen LogP contribution is 2.30. The van der Waals surface area contributed by atoms with Gasteiger partial charge in [-0.05, 0) is 36.8 Å². The first-order chi connectivity index (χ1) is 10.0. The van der Waals surface area contributed by atoms with Crippen molar-refractivity contribution in [2.24, 2.45) is 0 Å². The van der Waals surface area contributed by atoms with Crippen LogP contribution >= 0.6 is 15.9 Å². The van der Waals surface area contributed by atoms with Crippen molar-refractivity contribution < 1.29 is 14.4 Å². The second kappa shape index (κ2) is 6.58. The van der Waals surface area contributed by atoms with Gasteiger partial charge in [0, 0.05) is 16.1 Å². The minimum absolute atomic E-state index is 0.0420. The molecule has 110 valence electrons. The third kappa shape index (κ3) is 3.72. The smallest absolute Gasteiger partial charge is 0.310 e. The maximum Gasteiger partial charge on any atom is 0.310 e. The van der Waals surface area contributed by atoms with Crippen molar-refractivity contribution in [3.8, 4) is 11.5 Å². The molecule has 0 N–H and O–H groups in total. The maximum absolute atomic E-state index is 11.0. The van der Waals surface area contributed by atoms with Gasteiger partial charge in [0.1, 0.15) is 12.4 Å². The van der Waals surface area contributed by atoms with Gasteiger partial charge < -0.3 is 9.47 Å². The van der Waals surface area contributed by atoms with Gasteiger partial charge in [-0.1, -0.05) is 22.0 Å². The molecule has 0 radical (unpaired) electrons. The Balaban J connectivity index is 2.24. The van der Waals surface area contributed by atoms with Gasteiger partial charge in [-0.25, -0.2) is 0 Å². The first kappa shape index (κ1) is 15.3. The van der Waals surface area contributed by atoms with Crippen LogP contribution in [0.5, 0.6) is 11.5 Å². The second-order valence-electron chi connectivity index (χ2n) is 4.47. The third-order valence-corrected chi connectivity index (χ3v) is 3.72. The summed E-state index contributed by atoms with van der Waals surface area (Å²) in [5.41, 5.74) is 1.71. The fourth-order valence-electron chi connectivity index (χ4n) is 1.83. The molecule has 0 aliphatic heterocycles. The average Bonchev–Trinajstić information content (AvgIpc) is 2.46. The lowest BCUT2D eigenvalue weighted by Crippen LogP contribution is -2.00. The molecular formula is C15H14BrNO4. The van der Waals surface area contributed by atoms with Crippen LogP contribution < -0.4 is 9.47 Å². The highest BCUT2D eigenvalue weighted by Gasteiger charge is 2.15. The molecule has 0 unspecified atom stereocenters. The minimum atomic E-state index is -0.449. The summed E-state index contributed by atoms with van der Waals surface area (Å²) in [4.78, 5) is 10.6. The molecule has 0 aromatic heterocycles. The predicted molar refractivity (Wildman–Crippen MR) is 82.9 cm³/mol. The molecule has 5 nitrogen and oxygen atoms in total. The number of hydrogen-bond donors (Lipinski definition) is 0. The Labute approximate surface area is 130 Å². The molecule has 0 saturated heterocycles. The van der Waals surface area contributed by atoms with Gasteiger partial charge in [0.2, 0.25) is 0 Å². The number of halogens is 1. The van der Waals surface area contributed by atoms with Crippen LogP contribution in [0, 0.1) is 17.0 Å². The number of hydrogen-bond acceptors (Lipinski definition) is 4. The van der Waals surface area contributed by atoms with Crippen LogP contribution in [0.3, 0.4) is 0 Å². The fraction of sp³-hybridized carbons (Fsp3) is 0.200. The van der Waals surface area contributed by atoms with Crippen LogP contribution in [-0.4, -0.2) is 12.0 Å². The molecule has 0 spiro atoms. The number of rotatable bonds is 5. The number of aryl methyl sites for hydroxylation is 1. The van der Waals surface area contributed by atoms with Gasteiger partial charge >= 0.3 is 5.69 Å². The lowest BCUT2D eigenvalue weighted by Gasteiger charge is -2.10. The van der Waals surface area contributed by atoms with Gasteiger partial charge in [0.15, 0.2) is 5.75 Å². The Morgan fingerprint density at radius 3 is 2.67 bits per heavy atom. The Kier molecular flexibility index (Phi) is 4.80. The molecule has 0 fully saturated rings. The molecule has 0 bridgehead atoms. The van der Waals surface area contributed by atoms with E-state index >= 15 is 0 Å². The Hall–Kier alpha value is -2.08. The summed E-state index contributed by atoms with van der Waals surface area (Å²) in [6.07, 6.45) is 0. The number of nitrogens with zero attached hydrogens (tertiary/aromatic N) is 1. The summed E-state index contributed by atoms with van der Waals surface area (Å²) in [6, 6.07) is 10.3. The average molecular weight is 352 g/mol. The Morgan fingerprint density at radius 1 is 1.24 bits per heavy atom. The lowest BCUT2D eigenvalue weighted by atomic mass is 10.2. The lowest BCUT2D eigenvalue weighted by molar-refractivity contribution is -0.386. The monoisotopic (exact) mass is 351 g/mol. The predicted octanol–water partition coefficient (Wildman–Crippen LogP) is 4.25. The maximum atomic E-state index is 11.0. The molecule has 0 aliphatic rings. The largest absolute Gasteiger partial charge is 0.497 e. The van der Waals surface area contributed by atoms with E-state index in [0.717, 1.165) is 15.6 Å². The molecular weight excluding hydrogens is 338 g/mol. The molecule has 6 heteroatoms. The highest BCUT2D eigenvalue weighted by molar-refractivity contribution is 9.10. The van der Waals surface area contributed by atoms with Crippen molar-refractivity contribution in [2.75, 3.05) is 7.11 Å². The number of nitro groups is 1. The number of nitro benzene ring substituents is 1. The number of ether oxygens (including phenoxy) is 2. The van der Waals surface area contributed by atoms with Crippen molar-refractivity contribution in [2.45, 2.75) is 13.5 Å². The molecule has 2 aromatic carbocycles. The van der Waals surface area contributed by atoms with Gasteiger partial charge in [0.25, 0.3) is 0 Å². The number of methoxy groups -OCH3 is 1. The molecule has 2 aromatic rings. The van der Waals surface area contributed by atoms with Crippen LogP contribution in [0.15, 0.2) is 40.9 Å². The summed E-state index contributed by atoms with van der Waals surface area (Å²) in [7, 11) is 1.58. The fourth-order valence-corrected chi connectivity index (χ4v) is 2.19. The van der Waals surface area contributed by atoms with E-state index in [0.29, 0.717) is 5.75 Å².